The standard InChI is InChI=1S/C25H26F3N5O7S/c1-11-18(13-5-6-30-17(8-13)24(3,4)25(26,27)28)41-21(31-11)32-22(36)33-9-14(7-15(33)19(29)34)20(35)38-10-16-12(2)39-23(37)40-16/h5-6,8,14-15H,7,9-10H2,1-4H3,(H2,29,34)(H,31,32,36)/t14-,15+/m1/s1. The molecular formula is C25H26F3N5O7S. The minimum absolute atomic E-state index is 0.0284. The van der Waals surface area contributed by atoms with E-state index in [2.05, 4.69) is 15.3 Å². The summed E-state index contributed by atoms with van der Waals surface area (Å²) in [5, 5.41) is 2.69. The lowest BCUT2D eigenvalue weighted by molar-refractivity contribution is -0.181. The van der Waals surface area contributed by atoms with Gasteiger partial charge in [-0.15, -0.1) is 0 Å². The van der Waals surface area contributed by atoms with E-state index in [-0.39, 0.29) is 41.9 Å². The number of aromatic nitrogens is 2. The molecule has 4 rings (SSSR count). The second-order valence-electron chi connectivity index (χ2n) is 9.96. The average molecular weight is 598 g/mol. The highest BCUT2D eigenvalue weighted by atomic mass is 32.1. The van der Waals surface area contributed by atoms with Gasteiger partial charge in [0.15, 0.2) is 23.3 Å². The van der Waals surface area contributed by atoms with Crippen molar-refractivity contribution in [1.82, 2.24) is 14.9 Å². The third-order valence-electron chi connectivity index (χ3n) is 6.79. The first-order valence-corrected chi connectivity index (χ1v) is 13.0. The molecule has 41 heavy (non-hydrogen) atoms. The fraction of sp³-hybridized carbons (Fsp3) is 0.440. The number of hydrogen-bond acceptors (Lipinski definition) is 10. The zero-order valence-electron chi connectivity index (χ0n) is 22.3. The number of hydrogen-bond donors (Lipinski definition) is 2. The van der Waals surface area contributed by atoms with Crippen LogP contribution in [0.5, 0.6) is 0 Å². The summed E-state index contributed by atoms with van der Waals surface area (Å²) < 4.78 is 55.3. The number of ether oxygens (including phenoxy) is 1. The number of likely N-dealkylation sites (tertiary alicyclic amines) is 1. The van der Waals surface area contributed by atoms with Crippen LogP contribution in [0.3, 0.4) is 0 Å². The Bertz CT molecular complexity index is 1540. The number of amides is 3. The van der Waals surface area contributed by atoms with Gasteiger partial charge in [0.25, 0.3) is 0 Å². The second-order valence-corrected chi connectivity index (χ2v) is 11.0. The number of halogens is 3. The van der Waals surface area contributed by atoms with Gasteiger partial charge in [-0.2, -0.15) is 13.2 Å². The molecule has 0 bridgehead atoms. The second kappa shape index (κ2) is 11.0. The molecule has 0 saturated carbocycles. The van der Waals surface area contributed by atoms with Crippen LogP contribution in [0.2, 0.25) is 0 Å². The van der Waals surface area contributed by atoms with Gasteiger partial charge in [-0.05, 0) is 51.8 Å². The Kier molecular flexibility index (Phi) is 7.98. The van der Waals surface area contributed by atoms with Gasteiger partial charge in [0.1, 0.15) is 11.5 Å². The molecule has 12 nitrogen and oxygen atoms in total. The van der Waals surface area contributed by atoms with E-state index in [0.29, 0.717) is 16.1 Å². The molecule has 2 atom stereocenters. The lowest BCUT2D eigenvalue weighted by Crippen LogP contribution is -2.45. The molecule has 3 amide bonds. The van der Waals surface area contributed by atoms with E-state index in [1.165, 1.54) is 25.3 Å². The zero-order chi connectivity index (χ0) is 30.3. The summed E-state index contributed by atoms with van der Waals surface area (Å²) in [5.41, 5.74) is 3.99. The maximum atomic E-state index is 13.5. The number of primary amides is 1. The van der Waals surface area contributed by atoms with E-state index in [1.54, 1.807) is 6.92 Å². The monoisotopic (exact) mass is 597 g/mol. The van der Waals surface area contributed by atoms with E-state index in [1.807, 2.05) is 0 Å². The summed E-state index contributed by atoms with van der Waals surface area (Å²) in [6, 6.07) is 0.997. The molecule has 3 aromatic rings. The van der Waals surface area contributed by atoms with Crippen LogP contribution < -0.4 is 16.9 Å². The van der Waals surface area contributed by atoms with Crippen molar-refractivity contribution in [3.8, 4) is 10.4 Å². The van der Waals surface area contributed by atoms with E-state index >= 15 is 0 Å². The van der Waals surface area contributed by atoms with Gasteiger partial charge in [0.2, 0.25) is 5.91 Å². The number of alkyl halides is 3. The molecule has 3 N–H and O–H groups in total. The summed E-state index contributed by atoms with van der Waals surface area (Å²) in [4.78, 5) is 58.8. The molecule has 0 unspecified atom stereocenters. The molecule has 220 valence electrons. The van der Waals surface area contributed by atoms with Crippen LogP contribution in [0.1, 0.15) is 43.2 Å². The van der Waals surface area contributed by atoms with Crippen LogP contribution in [0.4, 0.5) is 23.1 Å². The number of nitrogens with one attached hydrogen (secondary N) is 1. The smallest absolute Gasteiger partial charge is 0.457 e. The lowest BCUT2D eigenvalue weighted by Gasteiger charge is -2.27. The highest BCUT2D eigenvalue weighted by Crippen LogP contribution is 2.41. The number of pyridine rings is 1. The molecule has 1 saturated heterocycles. The van der Waals surface area contributed by atoms with Crippen LogP contribution in [-0.2, 0) is 26.3 Å². The normalized spacial score (nSPS) is 17.5. The van der Waals surface area contributed by atoms with Gasteiger partial charge in [-0.1, -0.05) is 11.3 Å². The predicted octanol–water partition coefficient (Wildman–Crippen LogP) is 3.66. The number of carbonyl (C=O) groups excluding carboxylic acids is 3. The molecule has 1 aliphatic rings. The van der Waals surface area contributed by atoms with Crippen LogP contribution in [0.15, 0.2) is 32.0 Å². The molecule has 0 radical (unpaired) electrons. The Morgan fingerprint density at radius 1 is 1.24 bits per heavy atom. The quantitative estimate of drug-likeness (QED) is 0.386. The van der Waals surface area contributed by atoms with Gasteiger partial charge in [-0.3, -0.25) is 19.9 Å². The zero-order valence-corrected chi connectivity index (χ0v) is 23.1. The lowest BCUT2D eigenvalue weighted by atomic mass is 9.87. The molecule has 3 aromatic heterocycles. The summed E-state index contributed by atoms with van der Waals surface area (Å²) in [6.07, 6.45) is -3.34. The molecule has 16 heteroatoms. The third-order valence-corrected chi connectivity index (χ3v) is 7.91. The van der Waals surface area contributed by atoms with Crippen LogP contribution in [0.25, 0.3) is 10.4 Å². The van der Waals surface area contributed by atoms with Crippen molar-refractivity contribution in [2.75, 3.05) is 11.9 Å². The van der Waals surface area contributed by atoms with Crippen molar-refractivity contribution >= 4 is 34.4 Å². The first-order valence-electron chi connectivity index (χ1n) is 12.2. The van der Waals surface area contributed by atoms with E-state index in [0.717, 1.165) is 30.1 Å². The SMILES string of the molecule is Cc1nc(NC(=O)N2C[C@H](C(=O)OCc3oc(=O)oc3C)C[C@H]2C(N)=O)sc1-c1ccnc(C(C)(C)C(F)(F)F)c1. The van der Waals surface area contributed by atoms with Crippen molar-refractivity contribution in [2.45, 2.75) is 58.4 Å². The molecule has 0 aliphatic carbocycles. The Morgan fingerprint density at radius 3 is 2.56 bits per heavy atom. The number of nitrogens with two attached hydrogens (primary N) is 1. The van der Waals surface area contributed by atoms with E-state index < -0.39 is 47.3 Å². The first kappa shape index (κ1) is 29.8. The number of carbonyl (C=O) groups is 3. The number of aryl methyl sites for hydroxylation is 2. The van der Waals surface area contributed by atoms with Crippen molar-refractivity contribution in [1.29, 1.82) is 0 Å². The molecule has 0 spiro atoms. The van der Waals surface area contributed by atoms with Gasteiger partial charge in [-0.25, -0.2) is 14.6 Å². The summed E-state index contributed by atoms with van der Waals surface area (Å²) in [7, 11) is 0. The number of esters is 1. The van der Waals surface area contributed by atoms with Crippen molar-refractivity contribution in [3.05, 3.63) is 51.9 Å². The maximum Gasteiger partial charge on any atom is 0.519 e. The average Bonchev–Trinajstić information content (AvgIpc) is 3.58. The number of nitrogens with zero attached hydrogens (tertiary/aromatic N) is 3. The maximum absolute atomic E-state index is 13.5. The van der Waals surface area contributed by atoms with Gasteiger partial charge >= 0.3 is 24.0 Å². The topological polar surface area (TPSA) is 171 Å². The fourth-order valence-electron chi connectivity index (χ4n) is 4.20. The number of urea groups is 1. The first-order chi connectivity index (χ1) is 19.1. The Morgan fingerprint density at radius 2 is 1.95 bits per heavy atom. The number of rotatable bonds is 7. The minimum atomic E-state index is -4.52. The largest absolute Gasteiger partial charge is 0.519 e. The minimum Gasteiger partial charge on any atom is -0.457 e. The summed E-state index contributed by atoms with van der Waals surface area (Å²) in [5.74, 6) is -3.23. The molecular weight excluding hydrogens is 571 g/mol. The van der Waals surface area contributed by atoms with Crippen molar-refractivity contribution in [2.24, 2.45) is 11.7 Å². The van der Waals surface area contributed by atoms with Crippen LogP contribution in [-0.4, -0.2) is 51.5 Å². The number of anilines is 1. The van der Waals surface area contributed by atoms with Crippen molar-refractivity contribution < 1.29 is 41.1 Å². The number of thiazole rings is 1. The highest BCUT2D eigenvalue weighted by molar-refractivity contribution is 7.19. The molecule has 1 aliphatic heterocycles. The Hall–Kier alpha value is -4.21. The highest BCUT2D eigenvalue weighted by Gasteiger charge is 2.49. The molecule has 0 aromatic carbocycles. The Labute approximate surface area is 234 Å². The fourth-order valence-corrected chi connectivity index (χ4v) is 5.15. The summed E-state index contributed by atoms with van der Waals surface area (Å²) >= 11 is 1.02. The molecule has 4 heterocycles. The molecule has 1 fully saturated rings. The van der Waals surface area contributed by atoms with Crippen molar-refractivity contribution in [3.63, 3.8) is 0 Å². The third kappa shape index (κ3) is 6.11. The predicted molar refractivity (Wildman–Crippen MR) is 138 cm³/mol. The summed E-state index contributed by atoms with van der Waals surface area (Å²) in [6.45, 7) is 4.60. The van der Waals surface area contributed by atoms with E-state index in [4.69, 9.17) is 19.3 Å². The van der Waals surface area contributed by atoms with Crippen LogP contribution >= 0.6 is 11.3 Å². The van der Waals surface area contributed by atoms with Crippen LogP contribution in [0, 0.1) is 19.8 Å². The Balaban J connectivity index is 1.47. The van der Waals surface area contributed by atoms with E-state index in [9.17, 15) is 32.3 Å². The van der Waals surface area contributed by atoms with Gasteiger partial charge in [0, 0.05) is 12.7 Å². The van der Waals surface area contributed by atoms with Gasteiger partial charge < -0.3 is 24.2 Å². The van der Waals surface area contributed by atoms with Gasteiger partial charge in [0.05, 0.1) is 22.2 Å².